The van der Waals surface area contributed by atoms with E-state index in [1.54, 1.807) is 16.2 Å². The van der Waals surface area contributed by atoms with Crippen LogP contribution in [0, 0.1) is 19.8 Å². The highest BCUT2D eigenvalue weighted by Crippen LogP contribution is 2.43. The minimum atomic E-state index is -0.461. The van der Waals surface area contributed by atoms with Gasteiger partial charge in [-0.1, -0.05) is 23.8 Å². The fourth-order valence-corrected chi connectivity index (χ4v) is 4.55. The second-order valence-electron chi connectivity index (χ2n) is 7.31. The summed E-state index contributed by atoms with van der Waals surface area (Å²) in [6, 6.07) is 11.5. The van der Waals surface area contributed by atoms with Crippen LogP contribution in [0.2, 0.25) is 0 Å². The van der Waals surface area contributed by atoms with Crippen LogP contribution in [0.3, 0.4) is 0 Å². The summed E-state index contributed by atoms with van der Waals surface area (Å²) < 4.78 is 1.84. The van der Waals surface area contributed by atoms with Gasteiger partial charge in [-0.05, 0) is 37.4 Å². The zero-order chi connectivity index (χ0) is 20.5. The maximum Gasteiger partial charge on any atom is 0.228 e. The Morgan fingerprint density at radius 2 is 1.97 bits per heavy atom. The van der Waals surface area contributed by atoms with E-state index in [1.165, 1.54) is 0 Å². The first-order valence-corrected chi connectivity index (χ1v) is 10.4. The van der Waals surface area contributed by atoms with Gasteiger partial charge in [0, 0.05) is 24.0 Å². The molecule has 3 heterocycles. The number of amides is 2. The van der Waals surface area contributed by atoms with Crippen molar-refractivity contribution in [3.63, 3.8) is 0 Å². The Bertz CT molecular complexity index is 1030. The van der Waals surface area contributed by atoms with Gasteiger partial charge in [0.2, 0.25) is 11.8 Å². The molecular formula is C21H23N5O2S. The molecule has 0 saturated carbocycles. The van der Waals surface area contributed by atoms with E-state index in [0.717, 1.165) is 22.0 Å². The van der Waals surface area contributed by atoms with Gasteiger partial charge in [-0.15, -0.1) is 21.5 Å². The number of benzene rings is 1. The normalized spacial score (nSPS) is 19.0. The minimum Gasteiger partial charge on any atom is -0.348 e. The number of nitrogens with zero attached hydrogens (tertiary/aromatic N) is 4. The number of aryl methyl sites for hydroxylation is 2. The predicted octanol–water partition coefficient (Wildman–Crippen LogP) is 2.90. The summed E-state index contributed by atoms with van der Waals surface area (Å²) in [5.41, 5.74) is 1.94. The van der Waals surface area contributed by atoms with Crippen molar-refractivity contribution in [2.75, 3.05) is 4.90 Å². The second-order valence-corrected chi connectivity index (χ2v) is 8.29. The summed E-state index contributed by atoms with van der Waals surface area (Å²) in [6.45, 7) is 4.15. The van der Waals surface area contributed by atoms with Crippen molar-refractivity contribution in [3.8, 4) is 0 Å². The zero-order valence-corrected chi connectivity index (χ0v) is 17.4. The largest absolute Gasteiger partial charge is 0.348 e. The molecule has 8 heteroatoms. The van der Waals surface area contributed by atoms with E-state index >= 15 is 0 Å². The van der Waals surface area contributed by atoms with Gasteiger partial charge in [-0.3, -0.25) is 9.59 Å². The average Bonchev–Trinajstić information content (AvgIpc) is 3.42. The van der Waals surface area contributed by atoms with Crippen LogP contribution in [-0.4, -0.2) is 26.6 Å². The monoisotopic (exact) mass is 409 g/mol. The third kappa shape index (κ3) is 3.67. The summed E-state index contributed by atoms with van der Waals surface area (Å²) in [4.78, 5) is 28.8. The van der Waals surface area contributed by atoms with Crippen molar-refractivity contribution in [2.24, 2.45) is 13.0 Å². The van der Waals surface area contributed by atoms with Crippen molar-refractivity contribution in [1.29, 1.82) is 0 Å². The van der Waals surface area contributed by atoms with Crippen LogP contribution >= 0.6 is 11.3 Å². The molecule has 4 rings (SSSR count). The number of aromatic nitrogens is 3. The smallest absolute Gasteiger partial charge is 0.228 e. The summed E-state index contributed by atoms with van der Waals surface area (Å²) in [6.07, 6.45) is 0.181. The van der Waals surface area contributed by atoms with Gasteiger partial charge < -0.3 is 14.8 Å². The van der Waals surface area contributed by atoms with E-state index in [9.17, 15) is 9.59 Å². The van der Waals surface area contributed by atoms with Crippen molar-refractivity contribution < 1.29 is 9.59 Å². The first-order valence-electron chi connectivity index (χ1n) is 9.50. The molecule has 1 aliphatic rings. The highest BCUT2D eigenvalue weighted by molar-refractivity contribution is 7.10. The van der Waals surface area contributed by atoms with Gasteiger partial charge in [0.25, 0.3) is 0 Å². The van der Waals surface area contributed by atoms with Crippen molar-refractivity contribution in [3.05, 3.63) is 63.9 Å². The molecule has 2 atom stereocenters. The van der Waals surface area contributed by atoms with Crippen LogP contribution in [0.25, 0.3) is 0 Å². The lowest BCUT2D eigenvalue weighted by molar-refractivity contribution is -0.127. The highest BCUT2D eigenvalue weighted by Gasteiger charge is 2.45. The van der Waals surface area contributed by atoms with Gasteiger partial charge >= 0.3 is 0 Å². The molecule has 1 aromatic carbocycles. The molecule has 1 N–H and O–H groups in total. The van der Waals surface area contributed by atoms with Crippen molar-refractivity contribution in [2.45, 2.75) is 32.9 Å². The lowest BCUT2D eigenvalue weighted by atomic mass is 9.97. The Morgan fingerprint density at radius 3 is 2.59 bits per heavy atom. The molecule has 0 radical (unpaired) electrons. The summed E-state index contributed by atoms with van der Waals surface area (Å²) in [5.74, 6) is 0.821. The molecule has 2 aromatic heterocycles. The molecule has 0 aliphatic carbocycles. The number of carbonyl (C=O) groups is 2. The number of hydrogen-bond donors (Lipinski definition) is 1. The summed E-state index contributed by atoms with van der Waals surface area (Å²) in [5, 5.41) is 13.0. The third-order valence-corrected chi connectivity index (χ3v) is 6.35. The van der Waals surface area contributed by atoms with E-state index in [2.05, 4.69) is 15.5 Å². The quantitative estimate of drug-likeness (QED) is 0.703. The fraction of sp³-hybridized carbons (Fsp3) is 0.333. The van der Waals surface area contributed by atoms with E-state index in [-0.39, 0.29) is 30.8 Å². The number of thiophene rings is 1. The minimum absolute atomic E-state index is 0.0399. The molecule has 2 unspecified atom stereocenters. The van der Waals surface area contributed by atoms with Gasteiger partial charge in [0.05, 0.1) is 18.5 Å². The second kappa shape index (κ2) is 7.79. The average molecular weight is 410 g/mol. The number of rotatable bonds is 5. The Hall–Kier alpha value is -3.00. The molecule has 1 aliphatic heterocycles. The highest BCUT2D eigenvalue weighted by atomic mass is 32.1. The zero-order valence-electron chi connectivity index (χ0n) is 16.6. The fourth-order valence-electron chi connectivity index (χ4n) is 3.67. The molecule has 0 bridgehead atoms. The maximum atomic E-state index is 13.1. The van der Waals surface area contributed by atoms with Crippen molar-refractivity contribution in [1.82, 2.24) is 20.1 Å². The van der Waals surface area contributed by atoms with E-state index < -0.39 is 5.92 Å². The topological polar surface area (TPSA) is 80.1 Å². The number of carbonyl (C=O) groups excluding carboxylic acids is 2. The summed E-state index contributed by atoms with van der Waals surface area (Å²) in [7, 11) is 1.86. The predicted molar refractivity (Wildman–Crippen MR) is 111 cm³/mol. The number of hydrogen-bond acceptors (Lipinski definition) is 5. The lowest BCUT2D eigenvalue weighted by Crippen LogP contribution is -2.35. The molecule has 2 amide bonds. The van der Waals surface area contributed by atoms with Gasteiger partial charge in [-0.2, -0.15) is 0 Å². The first kappa shape index (κ1) is 19.3. The SMILES string of the molecule is Cc1ccc(N2C(=O)CC(C(=O)NCc3nnc(C)n3C)C2c2cccs2)cc1. The van der Waals surface area contributed by atoms with Gasteiger partial charge in [0.15, 0.2) is 5.82 Å². The van der Waals surface area contributed by atoms with Crippen LogP contribution in [0.15, 0.2) is 41.8 Å². The molecule has 3 aromatic rings. The number of anilines is 1. The molecule has 150 valence electrons. The van der Waals surface area contributed by atoms with E-state index in [1.807, 2.05) is 67.2 Å². The van der Waals surface area contributed by atoms with Gasteiger partial charge in [-0.25, -0.2) is 0 Å². The molecule has 29 heavy (non-hydrogen) atoms. The molecule has 1 fully saturated rings. The van der Waals surface area contributed by atoms with E-state index in [4.69, 9.17) is 0 Å². The van der Waals surface area contributed by atoms with Gasteiger partial charge in [0.1, 0.15) is 5.82 Å². The molecular weight excluding hydrogens is 386 g/mol. The standard InChI is InChI=1S/C21H23N5O2S/c1-13-6-8-15(9-7-13)26-19(27)11-16(20(26)17-5-4-10-29-17)21(28)22-12-18-24-23-14(2)25(18)3/h4-10,16,20H,11-12H2,1-3H3,(H,22,28). The maximum absolute atomic E-state index is 13.1. The Balaban J connectivity index is 1.60. The lowest BCUT2D eigenvalue weighted by Gasteiger charge is -2.27. The van der Waals surface area contributed by atoms with Crippen LogP contribution in [0.4, 0.5) is 5.69 Å². The van der Waals surface area contributed by atoms with Crippen molar-refractivity contribution >= 4 is 28.8 Å². The Morgan fingerprint density at radius 1 is 1.21 bits per heavy atom. The molecule has 0 spiro atoms. The van der Waals surface area contributed by atoms with Crippen LogP contribution < -0.4 is 10.2 Å². The van der Waals surface area contributed by atoms with Crippen LogP contribution in [0.5, 0.6) is 0 Å². The molecule has 7 nitrogen and oxygen atoms in total. The molecule has 1 saturated heterocycles. The number of nitrogens with one attached hydrogen (secondary N) is 1. The Kier molecular flexibility index (Phi) is 5.19. The first-order chi connectivity index (χ1) is 14.0. The van der Waals surface area contributed by atoms with Crippen LogP contribution in [0.1, 0.15) is 34.6 Å². The Labute approximate surface area is 173 Å². The van der Waals surface area contributed by atoms with Crippen LogP contribution in [-0.2, 0) is 23.2 Å². The third-order valence-electron chi connectivity index (χ3n) is 5.41. The summed E-state index contributed by atoms with van der Waals surface area (Å²) >= 11 is 1.56. The van der Waals surface area contributed by atoms with E-state index in [0.29, 0.717) is 5.82 Å².